The van der Waals surface area contributed by atoms with E-state index >= 15 is 0 Å². The van der Waals surface area contributed by atoms with Gasteiger partial charge in [-0.25, -0.2) is 4.98 Å². The average molecular weight is 311 g/mol. The number of anilines is 1. The van der Waals surface area contributed by atoms with Gasteiger partial charge in [0.25, 0.3) is 0 Å². The third-order valence-electron chi connectivity index (χ3n) is 3.91. The van der Waals surface area contributed by atoms with Gasteiger partial charge in [0.2, 0.25) is 0 Å². The second-order valence-corrected chi connectivity index (χ2v) is 7.16. The van der Waals surface area contributed by atoms with E-state index < -0.39 is 0 Å². The van der Waals surface area contributed by atoms with Gasteiger partial charge in [-0.1, -0.05) is 27.2 Å². The fourth-order valence-corrected chi connectivity index (χ4v) is 3.77. The molecule has 1 unspecified atom stereocenters. The minimum absolute atomic E-state index is 0.356. The van der Waals surface area contributed by atoms with Gasteiger partial charge >= 0.3 is 0 Å². The van der Waals surface area contributed by atoms with Crippen LogP contribution in [0.15, 0.2) is 0 Å². The molecule has 0 saturated carbocycles. The molecule has 1 atom stereocenters. The summed E-state index contributed by atoms with van der Waals surface area (Å²) in [7, 11) is 1.82. The highest BCUT2D eigenvalue weighted by Gasteiger charge is 2.23. The standard InChI is InChI=1S/C16H29N3OS/c1-5-7-14-15(10-17-12(2)3)21-16(18-14)19-9-6-8-13(11-19)20-4/h12-13,17H,5-11H2,1-4H3. The van der Waals surface area contributed by atoms with Gasteiger partial charge in [0, 0.05) is 37.7 Å². The lowest BCUT2D eigenvalue weighted by atomic mass is 10.1. The molecule has 5 heteroatoms. The molecule has 1 aliphatic rings. The molecular weight excluding hydrogens is 282 g/mol. The summed E-state index contributed by atoms with van der Waals surface area (Å²) in [5.74, 6) is 0. The number of ether oxygens (including phenoxy) is 1. The first kappa shape index (κ1) is 16.7. The Morgan fingerprint density at radius 1 is 1.48 bits per heavy atom. The van der Waals surface area contributed by atoms with Gasteiger partial charge in [0.05, 0.1) is 11.8 Å². The first-order chi connectivity index (χ1) is 10.1. The fraction of sp³-hybridized carbons (Fsp3) is 0.812. The zero-order chi connectivity index (χ0) is 15.2. The highest BCUT2D eigenvalue weighted by Crippen LogP contribution is 2.30. The van der Waals surface area contributed by atoms with Crippen LogP contribution in [0.4, 0.5) is 5.13 Å². The van der Waals surface area contributed by atoms with Crippen molar-refractivity contribution in [3.8, 4) is 0 Å². The molecule has 1 aromatic heterocycles. The van der Waals surface area contributed by atoms with Gasteiger partial charge in [0.1, 0.15) is 0 Å². The first-order valence-corrected chi connectivity index (χ1v) is 8.95. The van der Waals surface area contributed by atoms with Crippen LogP contribution >= 0.6 is 11.3 Å². The van der Waals surface area contributed by atoms with Crippen LogP contribution in [0.3, 0.4) is 0 Å². The maximum absolute atomic E-state index is 5.53. The van der Waals surface area contributed by atoms with Crippen LogP contribution in [0.2, 0.25) is 0 Å². The summed E-state index contributed by atoms with van der Waals surface area (Å²) in [6.07, 6.45) is 4.95. The highest BCUT2D eigenvalue weighted by atomic mass is 32.1. The Morgan fingerprint density at radius 2 is 2.29 bits per heavy atom. The predicted molar refractivity (Wildman–Crippen MR) is 90.3 cm³/mol. The number of rotatable bonds is 7. The number of nitrogens with one attached hydrogen (secondary N) is 1. The van der Waals surface area contributed by atoms with Gasteiger partial charge < -0.3 is 15.0 Å². The molecule has 0 aromatic carbocycles. The zero-order valence-corrected chi connectivity index (χ0v) is 14.6. The minimum Gasteiger partial charge on any atom is -0.380 e. The van der Waals surface area contributed by atoms with E-state index in [4.69, 9.17) is 9.72 Å². The van der Waals surface area contributed by atoms with E-state index in [0.717, 1.165) is 32.5 Å². The van der Waals surface area contributed by atoms with E-state index in [1.807, 2.05) is 18.4 Å². The van der Waals surface area contributed by atoms with Crippen LogP contribution in [0.5, 0.6) is 0 Å². The molecule has 0 radical (unpaired) electrons. The van der Waals surface area contributed by atoms with E-state index in [2.05, 4.69) is 31.0 Å². The Labute approximate surface area is 132 Å². The number of hydrogen-bond acceptors (Lipinski definition) is 5. The van der Waals surface area contributed by atoms with Crippen molar-refractivity contribution in [1.29, 1.82) is 0 Å². The van der Waals surface area contributed by atoms with Crippen molar-refractivity contribution in [3.63, 3.8) is 0 Å². The average Bonchev–Trinajstić information content (AvgIpc) is 2.89. The Bertz CT molecular complexity index is 433. The van der Waals surface area contributed by atoms with Crippen LogP contribution in [0.25, 0.3) is 0 Å². The molecule has 2 heterocycles. The van der Waals surface area contributed by atoms with Gasteiger partial charge in [-0.15, -0.1) is 11.3 Å². The smallest absolute Gasteiger partial charge is 0.185 e. The Morgan fingerprint density at radius 3 is 2.95 bits per heavy atom. The molecular formula is C16H29N3OS. The maximum atomic E-state index is 5.53. The third-order valence-corrected chi connectivity index (χ3v) is 5.07. The summed E-state index contributed by atoms with van der Waals surface area (Å²) in [5.41, 5.74) is 1.28. The molecule has 4 nitrogen and oxygen atoms in total. The second kappa shape index (κ2) is 8.11. The number of piperidine rings is 1. The lowest BCUT2D eigenvalue weighted by Gasteiger charge is -2.31. The summed E-state index contributed by atoms with van der Waals surface area (Å²) in [6.45, 7) is 9.62. The predicted octanol–water partition coefficient (Wildman–Crippen LogP) is 3.21. The monoisotopic (exact) mass is 311 g/mol. The van der Waals surface area contributed by atoms with Crippen LogP contribution in [0.1, 0.15) is 50.6 Å². The molecule has 0 aliphatic carbocycles. The fourth-order valence-electron chi connectivity index (χ4n) is 2.68. The summed E-state index contributed by atoms with van der Waals surface area (Å²) < 4.78 is 5.53. The van der Waals surface area contributed by atoms with Crippen molar-refractivity contribution in [1.82, 2.24) is 10.3 Å². The van der Waals surface area contributed by atoms with Gasteiger partial charge in [-0.2, -0.15) is 0 Å². The molecule has 1 fully saturated rings. The van der Waals surface area contributed by atoms with E-state index in [1.54, 1.807) is 0 Å². The van der Waals surface area contributed by atoms with Crippen molar-refractivity contribution in [2.75, 3.05) is 25.1 Å². The topological polar surface area (TPSA) is 37.4 Å². The van der Waals surface area contributed by atoms with E-state index in [-0.39, 0.29) is 0 Å². The number of thiazole rings is 1. The van der Waals surface area contributed by atoms with Crippen molar-refractivity contribution in [2.45, 2.75) is 65.1 Å². The largest absolute Gasteiger partial charge is 0.380 e. The van der Waals surface area contributed by atoms with Crippen molar-refractivity contribution in [2.24, 2.45) is 0 Å². The number of aryl methyl sites for hydroxylation is 1. The van der Waals surface area contributed by atoms with E-state index in [9.17, 15) is 0 Å². The molecule has 0 spiro atoms. The quantitative estimate of drug-likeness (QED) is 0.839. The SMILES string of the molecule is CCCc1nc(N2CCCC(OC)C2)sc1CNC(C)C. The molecule has 120 valence electrons. The summed E-state index contributed by atoms with van der Waals surface area (Å²) >= 11 is 1.86. The number of aromatic nitrogens is 1. The molecule has 0 amide bonds. The van der Waals surface area contributed by atoms with E-state index in [0.29, 0.717) is 12.1 Å². The second-order valence-electron chi connectivity index (χ2n) is 6.10. The zero-order valence-electron chi connectivity index (χ0n) is 13.8. The number of methoxy groups -OCH3 is 1. The Kier molecular flexibility index (Phi) is 6.45. The summed E-state index contributed by atoms with van der Waals surface area (Å²) in [4.78, 5) is 8.73. The van der Waals surface area contributed by atoms with Crippen molar-refractivity contribution >= 4 is 16.5 Å². The molecule has 1 N–H and O–H groups in total. The van der Waals surface area contributed by atoms with Crippen LogP contribution < -0.4 is 10.2 Å². The molecule has 0 bridgehead atoms. The molecule has 1 aromatic rings. The van der Waals surface area contributed by atoms with Crippen LogP contribution in [-0.2, 0) is 17.7 Å². The van der Waals surface area contributed by atoms with Crippen molar-refractivity contribution < 1.29 is 4.74 Å². The molecule has 2 rings (SSSR count). The lowest BCUT2D eigenvalue weighted by molar-refractivity contribution is 0.0893. The van der Waals surface area contributed by atoms with Crippen LogP contribution in [-0.4, -0.2) is 37.3 Å². The first-order valence-electron chi connectivity index (χ1n) is 8.13. The van der Waals surface area contributed by atoms with Crippen LogP contribution in [0, 0.1) is 0 Å². The molecule has 21 heavy (non-hydrogen) atoms. The Balaban J connectivity index is 2.10. The van der Waals surface area contributed by atoms with Crippen molar-refractivity contribution in [3.05, 3.63) is 10.6 Å². The van der Waals surface area contributed by atoms with Gasteiger partial charge in [-0.05, 0) is 19.3 Å². The number of nitrogens with zero attached hydrogens (tertiary/aromatic N) is 2. The minimum atomic E-state index is 0.356. The van der Waals surface area contributed by atoms with Gasteiger partial charge in [0.15, 0.2) is 5.13 Å². The molecule has 1 saturated heterocycles. The highest BCUT2D eigenvalue weighted by molar-refractivity contribution is 7.15. The van der Waals surface area contributed by atoms with Gasteiger partial charge in [-0.3, -0.25) is 0 Å². The third kappa shape index (κ3) is 4.66. The normalized spacial score (nSPS) is 19.5. The molecule has 1 aliphatic heterocycles. The lowest BCUT2D eigenvalue weighted by Crippen LogP contribution is -2.39. The Hall–Kier alpha value is -0.650. The summed E-state index contributed by atoms with van der Waals surface area (Å²) in [5, 5.41) is 4.71. The summed E-state index contributed by atoms with van der Waals surface area (Å²) in [6, 6.07) is 0.512. The number of hydrogen-bond donors (Lipinski definition) is 1. The van der Waals surface area contributed by atoms with E-state index in [1.165, 1.54) is 28.5 Å². The maximum Gasteiger partial charge on any atom is 0.185 e.